The molecule has 2 aromatic carbocycles. The third-order valence-corrected chi connectivity index (χ3v) is 3.73. The first-order valence-corrected chi connectivity index (χ1v) is 8.43. The van der Waals surface area contributed by atoms with Gasteiger partial charge in [-0.3, -0.25) is 4.79 Å². The van der Waals surface area contributed by atoms with Crippen molar-refractivity contribution in [1.29, 1.82) is 0 Å². The SMILES string of the molecule is CCN[C@H](C)CNC(=O)COc1ccccc1Cc1ccccc1.Cl. The van der Waals surface area contributed by atoms with Crippen LogP contribution in [-0.4, -0.2) is 31.6 Å². The minimum absolute atomic E-state index is 0. The summed E-state index contributed by atoms with van der Waals surface area (Å²) in [5.74, 6) is 0.658. The highest BCUT2D eigenvalue weighted by Crippen LogP contribution is 2.21. The molecule has 0 aliphatic rings. The summed E-state index contributed by atoms with van der Waals surface area (Å²) in [4.78, 5) is 11.9. The van der Waals surface area contributed by atoms with Crippen molar-refractivity contribution in [3.8, 4) is 5.75 Å². The minimum Gasteiger partial charge on any atom is -0.483 e. The Bertz CT molecular complexity index is 635. The van der Waals surface area contributed by atoms with Crippen molar-refractivity contribution < 1.29 is 9.53 Å². The van der Waals surface area contributed by atoms with Gasteiger partial charge in [-0.15, -0.1) is 12.4 Å². The second kappa shape index (κ2) is 11.5. The predicted molar refractivity (Wildman–Crippen MR) is 105 cm³/mol. The average Bonchev–Trinajstić information content (AvgIpc) is 2.60. The van der Waals surface area contributed by atoms with Crippen molar-refractivity contribution >= 4 is 18.3 Å². The molecular formula is C20H27ClN2O2. The highest BCUT2D eigenvalue weighted by Gasteiger charge is 2.08. The molecule has 1 amide bonds. The maximum atomic E-state index is 11.9. The highest BCUT2D eigenvalue weighted by molar-refractivity contribution is 5.85. The van der Waals surface area contributed by atoms with Crippen molar-refractivity contribution in [3.05, 3.63) is 65.7 Å². The van der Waals surface area contributed by atoms with Crippen molar-refractivity contribution in [2.45, 2.75) is 26.3 Å². The van der Waals surface area contributed by atoms with Gasteiger partial charge in [-0.25, -0.2) is 0 Å². The Hall–Kier alpha value is -2.04. The van der Waals surface area contributed by atoms with E-state index in [1.165, 1.54) is 5.56 Å². The number of benzene rings is 2. The summed E-state index contributed by atoms with van der Waals surface area (Å²) in [6, 6.07) is 18.3. The van der Waals surface area contributed by atoms with E-state index in [1.807, 2.05) is 56.3 Å². The molecule has 0 aromatic heterocycles. The number of nitrogens with one attached hydrogen (secondary N) is 2. The summed E-state index contributed by atoms with van der Waals surface area (Å²) in [5, 5.41) is 6.14. The molecule has 4 nitrogen and oxygen atoms in total. The summed E-state index contributed by atoms with van der Waals surface area (Å²) in [6.45, 7) is 5.61. The fraction of sp³-hybridized carbons (Fsp3) is 0.350. The van der Waals surface area contributed by atoms with Gasteiger partial charge in [0.25, 0.3) is 5.91 Å². The van der Waals surface area contributed by atoms with E-state index in [4.69, 9.17) is 4.74 Å². The molecule has 136 valence electrons. The van der Waals surface area contributed by atoms with E-state index in [0.29, 0.717) is 6.54 Å². The molecule has 0 saturated heterocycles. The standard InChI is InChI=1S/C20H26N2O2.ClH/c1-3-21-16(2)14-22-20(23)15-24-19-12-8-7-11-18(19)13-17-9-5-4-6-10-17;/h4-12,16,21H,3,13-15H2,1-2H3,(H,22,23);1H/t16-;/m1./s1. The first kappa shape index (κ1) is 21.0. The molecule has 0 bridgehead atoms. The Labute approximate surface area is 156 Å². The van der Waals surface area contributed by atoms with Gasteiger partial charge < -0.3 is 15.4 Å². The first-order valence-electron chi connectivity index (χ1n) is 8.43. The third-order valence-electron chi connectivity index (χ3n) is 3.73. The molecule has 5 heteroatoms. The Morgan fingerprint density at radius 3 is 2.48 bits per heavy atom. The van der Waals surface area contributed by atoms with Crippen LogP contribution in [0.15, 0.2) is 54.6 Å². The summed E-state index contributed by atoms with van der Waals surface area (Å²) in [5.41, 5.74) is 2.30. The predicted octanol–water partition coefficient (Wildman–Crippen LogP) is 3.19. The highest BCUT2D eigenvalue weighted by atomic mass is 35.5. The summed E-state index contributed by atoms with van der Waals surface area (Å²) in [7, 11) is 0. The molecule has 0 radical (unpaired) electrons. The van der Waals surface area contributed by atoms with Crippen LogP contribution < -0.4 is 15.4 Å². The summed E-state index contributed by atoms with van der Waals surface area (Å²) < 4.78 is 5.73. The van der Waals surface area contributed by atoms with Crippen LogP contribution >= 0.6 is 12.4 Å². The number of amides is 1. The number of rotatable bonds is 9. The van der Waals surface area contributed by atoms with E-state index in [2.05, 4.69) is 22.8 Å². The maximum absolute atomic E-state index is 11.9. The van der Waals surface area contributed by atoms with Crippen LogP contribution in [0.5, 0.6) is 5.75 Å². The zero-order valence-electron chi connectivity index (χ0n) is 14.8. The number of carbonyl (C=O) groups excluding carboxylic acids is 1. The molecule has 2 aromatic rings. The molecule has 0 heterocycles. The van der Waals surface area contributed by atoms with Gasteiger partial charge in [-0.2, -0.15) is 0 Å². The van der Waals surface area contributed by atoms with Crippen LogP contribution in [0.1, 0.15) is 25.0 Å². The first-order chi connectivity index (χ1) is 11.7. The Morgan fingerprint density at radius 1 is 1.08 bits per heavy atom. The van der Waals surface area contributed by atoms with Crippen molar-refractivity contribution in [1.82, 2.24) is 10.6 Å². The van der Waals surface area contributed by atoms with Crippen LogP contribution in [0.25, 0.3) is 0 Å². The second-order valence-electron chi connectivity index (χ2n) is 5.82. The van der Waals surface area contributed by atoms with Crippen molar-refractivity contribution in [2.75, 3.05) is 19.7 Å². The fourth-order valence-electron chi connectivity index (χ4n) is 2.49. The van der Waals surface area contributed by atoms with Crippen LogP contribution in [-0.2, 0) is 11.2 Å². The van der Waals surface area contributed by atoms with Gasteiger partial charge in [0, 0.05) is 19.0 Å². The monoisotopic (exact) mass is 362 g/mol. The molecule has 0 saturated carbocycles. The van der Waals surface area contributed by atoms with Crippen LogP contribution in [0, 0.1) is 0 Å². The summed E-state index contributed by atoms with van der Waals surface area (Å²) >= 11 is 0. The molecule has 0 spiro atoms. The quantitative estimate of drug-likeness (QED) is 0.720. The van der Waals surface area contributed by atoms with Gasteiger partial charge in [-0.05, 0) is 30.7 Å². The van der Waals surface area contributed by atoms with Crippen molar-refractivity contribution in [3.63, 3.8) is 0 Å². The molecule has 2 N–H and O–H groups in total. The van der Waals surface area contributed by atoms with E-state index in [0.717, 1.165) is 24.3 Å². The molecule has 0 aliphatic heterocycles. The molecule has 0 unspecified atom stereocenters. The third kappa shape index (κ3) is 7.59. The summed E-state index contributed by atoms with van der Waals surface area (Å²) in [6.07, 6.45) is 0.788. The largest absolute Gasteiger partial charge is 0.483 e. The van der Waals surface area contributed by atoms with Gasteiger partial charge in [-0.1, -0.05) is 55.5 Å². The average molecular weight is 363 g/mol. The zero-order valence-corrected chi connectivity index (χ0v) is 15.6. The van der Waals surface area contributed by atoms with Gasteiger partial charge in [0.1, 0.15) is 5.75 Å². The van der Waals surface area contributed by atoms with E-state index in [-0.39, 0.29) is 31.0 Å². The number of halogens is 1. The molecule has 0 aliphatic carbocycles. The van der Waals surface area contributed by atoms with E-state index in [1.54, 1.807) is 0 Å². The lowest BCUT2D eigenvalue weighted by atomic mass is 10.0. The van der Waals surface area contributed by atoms with E-state index in [9.17, 15) is 4.79 Å². The molecule has 1 atom stereocenters. The Balaban J connectivity index is 0.00000312. The maximum Gasteiger partial charge on any atom is 0.257 e. The van der Waals surface area contributed by atoms with E-state index < -0.39 is 0 Å². The molecule has 2 rings (SSSR count). The number of ether oxygens (including phenoxy) is 1. The van der Waals surface area contributed by atoms with Crippen LogP contribution in [0.4, 0.5) is 0 Å². The van der Waals surface area contributed by atoms with Crippen molar-refractivity contribution in [2.24, 2.45) is 0 Å². The molecular weight excluding hydrogens is 336 g/mol. The lowest BCUT2D eigenvalue weighted by Gasteiger charge is -2.14. The lowest BCUT2D eigenvalue weighted by molar-refractivity contribution is -0.123. The van der Waals surface area contributed by atoms with Gasteiger partial charge in [0.2, 0.25) is 0 Å². The van der Waals surface area contributed by atoms with Crippen LogP contribution in [0.2, 0.25) is 0 Å². The normalized spacial score (nSPS) is 11.3. The molecule has 0 fully saturated rings. The Morgan fingerprint density at radius 2 is 1.76 bits per heavy atom. The lowest BCUT2D eigenvalue weighted by Crippen LogP contribution is -2.40. The van der Waals surface area contributed by atoms with E-state index >= 15 is 0 Å². The van der Waals surface area contributed by atoms with Gasteiger partial charge in [0.15, 0.2) is 6.61 Å². The number of hydrogen-bond acceptors (Lipinski definition) is 3. The Kier molecular flexibility index (Phi) is 9.66. The number of hydrogen-bond donors (Lipinski definition) is 2. The smallest absolute Gasteiger partial charge is 0.257 e. The minimum atomic E-state index is -0.103. The van der Waals surface area contributed by atoms with Gasteiger partial charge >= 0.3 is 0 Å². The number of likely N-dealkylation sites (N-methyl/N-ethyl adjacent to an activating group) is 1. The second-order valence-corrected chi connectivity index (χ2v) is 5.82. The molecule has 25 heavy (non-hydrogen) atoms. The fourth-order valence-corrected chi connectivity index (χ4v) is 2.49. The number of carbonyl (C=O) groups is 1. The van der Waals surface area contributed by atoms with Gasteiger partial charge in [0.05, 0.1) is 0 Å². The zero-order chi connectivity index (χ0) is 17.2. The number of para-hydroxylation sites is 1. The topological polar surface area (TPSA) is 50.4 Å². The van der Waals surface area contributed by atoms with Crippen LogP contribution in [0.3, 0.4) is 0 Å².